The molecular formula is C28H38N2O4. The van der Waals surface area contributed by atoms with Crippen molar-refractivity contribution >= 4 is 11.8 Å². The van der Waals surface area contributed by atoms with Gasteiger partial charge in [0.2, 0.25) is 11.8 Å². The van der Waals surface area contributed by atoms with E-state index in [1.54, 1.807) is 32.6 Å². The molecule has 0 bridgehead atoms. The maximum absolute atomic E-state index is 14.2. The largest absolute Gasteiger partial charge is 0.388 e. The molecule has 0 spiro atoms. The smallest absolute Gasteiger partial charge is 0.238 e. The molecular weight excluding hydrogens is 428 g/mol. The van der Waals surface area contributed by atoms with E-state index in [1.165, 1.54) is 0 Å². The number of carbonyl (C=O) groups is 2. The molecule has 2 atom stereocenters. The van der Waals surface area contributed by atoms with Crippen molar-refractivity contribution in [2.45, 2.75) is 83.1 Å². The van der Waals surface area contributed by atoms with Crippen LogP contribution in [-0.2, 0) is 22.4 Å². The molecule has 0 aromatic heterocycles. The van der Waals surface area contributed by atoms with Gasteiger partial charge in [0.05, 0.1) is 23.3 Å². The van der Waals surface area contributed by atoms with Crippen molar-refractivity contribution in [2.24, 2.45) is 11.1 Å². The SMILES string of the molecule is CC(C)(O)C(Cc1ccccc1)N(C(=O)C1(C(N)=O)CCC1)C(Cc1ccccc1)C(C)(C)O. The van der Waals surface area contributed by atoms with Gasteiger partial charge in [0.25, 0.3) is 0 Å². The van der Waals surface area contributed by atoms with Gasteiger partial charge in [-0.25, -0.2) is 0 Å². The highest BCUT2D eigenvalue weighted by atomic mass is 16.3. The van der Waals surface area contributed by atoms with Gasteiger partial charge in [-0.2, -0.15) is 0 Å². The molecule has 0 heterocycles. The first-order valence-electron chi connectivity index (χ1n) is 12.0. The minimum atomic E-state index is -1.31. The summed E-state index contributed by atoms with van der Waals surface area (Å²) in [4.78, 5) is 28.4. The molecule has 1 aliphatic rings. The number of primary amides is 1. The van der Waals surface area contributed by atoms with Crippen LogP contribution in [-0.4, -0.2) is 50.2 Å². The third-order valence-electron chi connectivity index (χ3n) is 7.17. The van der Waals surface area contributed by atoms with E-state index < -0.39 is 40.5 Å². The Kier molecular flexibility index (Phi) is 7.53. The Bertz CT molecular complexity index is 913. The molecule has 0 aliphatic heterocycles. The van der Waals surface area contributed by atoms with Crippen LogP contribution < -0.4 is 5.73 Å². The van der Waals surface area contributed by atoms with Gasteiger partial charge in [0.15, 0.2) is 0 Å². The number of nitrogens with zero attached hydrogens (tertiary/aromatic N) is 1. The normalized spacial score (nSPS) is 17.4. The zero-order chi connectivity index (χ0) is 25.1. The van der Waals surface area contributed by atoms with Gasteiger partial charge in [0.1, 0.15) is 5.41 Å². The van der Waals surface area contributed by atoms with E-state index in [0.717, 1.165) is 17.5 Å². The van der Waals surface area contributed by atoms with Gasteiger partial charge in [-0.3, -0.25) is 9.59 Å². The number of benzene rings is 2. The molecule has 6 heteroatoms. The van der Waals surface area contributed by atoms with Crippen LogP contribution in [0.25, 0.3) is 0 Å². The molecule has 2 aromatic rings. The number of nitrogens with two attached hydrogens (primary N) is 1. The second kappa shape index (κ2) is 9.88. The van der Waals surface area contributed by atoms with Crippen LogP contribution in [0.4, 0.5) is 0 Å². The molecule has 34 heavy (non-hydrogen) atoms. The minimum absolute atomic E-state index is 0.367. The zero-order valence-corrected chi connectivity index (χ0v) is 20.7. The molecule has 6 nitrogen and oxygen atoms in total. The Morgan fingerprint density at radius 2 is 1.24 bits per heavy atom. The van der Waals surface area contributed by atoms with Crippen molar-refractivity contribution < 1.29 is 19.8 Å². The van der Waals surface area contributed by atoms with Gasteiger partial charge < -0.3 is 20.8 Å². The Morgan fingerprint density at radius 3 is 1.50 bits per heavy atom. The predicted molar refractivity (Wildman–Crippen MR) is 133 cm³/mol. The van der Waals surface area contributed by atoms with E-state index in [2.05, 4.69) is 0 Å². The van der Waals surface area contributed by atoms with Gasteiger partial charge in [-0.1, -0.05) is 67.1 Å². The van der Waals surface area contributed by atoms with Crippen LogP contribution in [0, 0.1) is 5.41 Å². The average Bonchev–Trinajstić information content (AvgIpc) is 2.71. The van der Waals surface area contributed by atoms with E-state index >= 15 is 0 Å². The van der Waals surface area contributed by atoms with Gasteiger partial charge >= 0.3 is 0 Å². The summed E-state index contributed by atoms with van der Waals surface area (Å²) in [6.45, 7) is 6.68. The quantitative estimate of drug-likeness (QED) is 0.468. The summed E-state index contributed by atoms with van der Waals surface area (Å²) in [5, 5.41) is 22.7. The summed E-state index contributed by atoms with van der Waals surface area (Å²) in [5.41, 5.74) is 3.75. The highest BCUT2D eigenvalue weighted by Crippen LogP contribution is 2.45. The zero-order valence-electron chi connectivity index (χ0n) is 20.7. The lowest BCUT2D eigenvalue weighted by Crippen LogP contribution is -2.67. The van der Waals surface area contributed by atoms with E-state index in [1.807, 2.05) is 60.7 Å². The van der Waals surface area contributed by atoms with E-state index in [-0.39, 0.29) is 0 Å². The molecule has 2 unspecified atom stereocenters. The first-order valence-corrected chi connectivity index (χ1v) is 12.0. The van der Waals surface area contributed by atoms with Crippen LogP contribution in [0.3, 0.4) is 0 Å². The van der Waals surface area contributed by atoms with Crippen molar-refractivity contribution in [3.05, 3.63) is 71.8 Å². The molecule has 1 saturated carbocycles. The van der Waals surface area contributed by atoms with E-state index in [9.17, 15) is 19.8 Å². The summed E-state index contributed by atoms with van der Waals surface area (Å²) >= 11 is 0. The summed E-state index contributed by atoms with van der Waals surface area (Å²) in [6.07, 6.45) is 2.23. The number of hydrogen-bond donors (Lipinski definition) is 3. The molecule has 0 saturated heterocycles. The Labute approximate surface area is 202 Å². The predicted octanol–water partition coefficient (Wildman–Crippen LogP) is 3.24. The monoisotopic (exact) mass is 466 g/mol. The molecule has 3 rings (SSSR count). The van der Waals surface area contributed by atoms with Crippen molar-refractivity contribution in [1.29, 1.82) is 0 Å². The number of amides is 2. The van der Waals surface area contributed by atoms with Crippen LogP contribution in [0.15, 0.2) is 60.7 Å². The lowest BCUT2D eigenvalue weighted by atomic mass is 9.66. The third kappa shape index (κ3) is 5.50. The summed E-state index contributed by atoms with van der Waals surface area (Å²) < 4.78 is 0. The highest BCUT2D eigenvalue weighted by Gasteiger charge is 2.56. The Balaban J connectivity index is 2.16. The Morgan fingerprint density at radius 1 is 0.853 bits per heavy atom. The van der Waals surface area contributed by atoms with Gasteiger partial charge in [-0.05, 0) is 64.5 Å². The molecule has 1 fully saturated rings. The molecule has 2 aromatic carbocycles. The lowest BCUT2D eigenvalue weighted by Gasteiger charge is -2.52. The standard InChI is InChI=1S/C28H38N2O4/c1-26(2,33)22(18-20-12-7-5-8-13-20)30(25(32)28(24(29)31)16-11-17-28)23(27(3,4)34)19-21-14-9-6-10-15-21/h5-10,12-15,22-23,33-34H,11,16-19H2,1-4H3,(H2,29,31). The molecule has 2 amide bonds. The third-order valence-corrected chi connectivity index (χ3v) is 7.17. The molecule has 0 radical (unpaired) electrons. The topological polar surface area (TPSA) is 104 Å². The van der Waals surface area contributed by atoms with Crippen molar-refractivity contribution in [1.82, 2.24) is 4.90 Å². The van der Waals surface area contributed by atoms with Crippen LogP contribution >= 0.6 is 0 Å². The molecule has 1 aliphatic carbocycles. The summed E-state index contributed by atoms with van der Waals surface area (Å²) in [7, 11) is 0. The van der Waals surface area contributed by atoms with Crippen LogP contribution in [0.1, 0.15) is 58.1 Å². The second-order valence-corrected chi connectivity index (χ2v) is 10.7. The minimum Gasteiger partial charge on any atom is -0.388 e. The fourth-order valence-corrected chi connectivity index (χ4v) is 4.90. The summed E-state index contributed by atoms with van der Waals surface area (Å²) in [6, 6.07) is 17.9. The number of carbonyl (C=O) groups excluding carboxylic acids is 2. The first-order chi connectivity index (χ1) is 15.9. The van der Waals surface area contributed by atoms with Crippen LogP contribution in [0.2, 0.25) is 0 Å². The first kappa shape index (κ1) is 25.9. The molecule has 184 valence electrons. The maximum atomic E-state index is 14.2. The van der Waals surface area contributed by atoms with Crippen molar-refractivity contribution in [3.63, 3.8) is 0 Å². The highest BCUT2D eigenvalue weighted by molar-refractivity contribution is 6.05. The number of aliphatic hydroxyl groups is 2. The number of hydrogen-bond acceptors (Lipinski definition) is 4. The summed E-state index contributed by atoms with van der Waals surface area (Å²) in [5.74, 6) is -1.05. The van der Waals surface area contributed by atoms with Crippen LogP contribution in [0.5, 0.6) is 0 Å². The van der Waals surface area contributed by atoms with Crippen molar-refractivity contribution in [3.8, 4) is 0 Å². The molecule has 4 N–H and O–H groups in total. The second-order valence-electron chi connectivity index (χ2n) is 10.7. The van der Waals surface area contributed by atoms with Gasteiger partial charge in [-0.15, -0.1) is 0 Å². The lowest BCUT2D eigenvalue weighted by molar-refractivity contribution is -0.171. The maximum Gasteiger partial charge on any atom is 0.238 e. The Hall–Kier alpha value is -2.70. The average molecular weight is 467 g/mol. The van der Waals surface area contributed by atoms with Gasteiger partial charge in [0, 0.05) is 0 Å². The van der Waals surface area contributed by atoms with Crippen molar-refractivity contribution in [2.75, 3.05) is 0 Å². The fourth-order valence-electron chi connectivity index (χ4n) is 4.90. The fraction of sp³-hybridized carbons (Fsp3) is 0.500. The van der Waals surface area contributed by atoms with E-state index in [0.29, 0.717) is 25.7 Å². The van der Waals surface area contributed by atoms with E-state index in [4.69, 9.17) is 5.73 Å². The number of rotatable bonds is 10.